The van der Waals surface area contributed by atoms with Crippen LogP contribution in [-0.4, -0.2) is 32.2 Å². The second-order valence-electron chi connectivity index (χ2n) is 4.18. The summed E-state index contributed by atoms with van der Waals surface area (Å²) in [5.74, 6) is 0.667. The molecule has 0 amide bonds. The first-order valence-electron chi connectivity index (χ1n) is 5.79. The van der Waals surface area contributed by atoms with Crippen LogP contribution in [0.2, 0.25) is 0 Å². The van der Waals surface area contributed by atoms with Crippen molar-refractivity contribution in [3.8, 4) is 0 Å². The van der Waals surface area contributed by atoms with Gasteiger partial charge < -0.3 is 5.32 Å². The van der Waals surface area contributed by atoms with Crippen LogP contribution >= 0.6 is 0 Å². The minimum atomic E-state index is -0.240. The van der Waals surface area contributed by atoms with Crippen LogP contribution in [0.15, 0.2) is 10.9 Å². The summed E-state index contributed by atoms with van der Waals surface area (Å²) in [7, 11) is 0. The van der Waals surface area contributed by atoms with Crippen molar-refractivity contribution in [2.45, 2.75) is 33.2 Å². The zero-order valence-electron chi connectivity index (χ0n) is 10.3. The van der Waals surface area contributed by atoms with Crippen molar-refractivity contribution in [2.75, 3.05) is 6.54 Å². The molecule has 6 heteroatoms. The number of rotatable bonds is 4. The molecule has 2 heterocycles. The van der Waals surface area contributed by atoms with Gasteiger partial charge in [0.1, 0.15) is 5.82 Å². The maximum atomic E-state index is 11.4. The Balaban J connectivity index is 2.34. The first-order chi connectivity index (χ1) is 8.11. The van der Waals surface area contributed by atoms with E-state index in [1.54, 1.807) is 0 Å². The number of likely N-dealkylation sites (N-methyl/N-ethyl adjacent to an activating group) is 1. The van der Waals surface area contributed by atoms with Gasteiger partial charge in [-0.2, -0.15) is 5.10 Å². The van der Waals surface area contributed by atoms with Crippen molar-refractivity contribution >= 4 is 5.65 Å². The van der Waals surface area contributed by atoms with Crippen molar-refractivity contribution in [3.63, 3.8) is 0 Å². The molecule has 0 bridgehead atoms. The van der Waals surface area contributed by atoms with Gasteiger partial charge in [-0.1, -0.05) is 6.92 Å². The number of aromatic amines is 1. The van der Waals surface area contributed by atoms with Gasteiger partial charge in [-0.25, -0.2) is 19.3 Å². The fourth-order valence-electron chi connectivity index (χ4n) is 2.00. The Bertz CT molecular complexity index is 571. The molecule has 0 aromatic carbocycles. The van der Waals surface area contributed by atoms with Gasteiger partial charge in [-0.15, -0.1) is 0 Å². The first kappa shape index (κ1) is 11.8. The molecule has 0 radical (unpaired) electrons. The molecule has 0 fully saturated rings. The summed E-state index contributed by atoms with van der Waals surface area (Å²) in [6.07, 6.45) is 0.826. The van der Waals surface area contributed by atoms with Crippen molar-refractivity contribution in [1.82, 2.24) is 24.9 Å². The maximum absolute atomic E-state index is 11.4. The molecular formula is C11H17N5O. The molecule has 1 unspecified atom stereocenters. The summed E-state index contributed by atoms with van der Waals surface area (Å²) in [6, 6.07) is 2.21. The Hall–Kier alpha value is -1.69. The summed E-state index contributed by atoms with van der Waals surface area (Å²) in [5.41, 5.74) is 1.33. The third-order valence-electron chi connectivity index (χ3n) is 2.69. The highest BCUT2D eigenvalue weighted by Crippen LogP contribution is 2.05. The minimum absolute atomic E-state index is 0.240. The summed E-state index contributed by atoms with van der Waals surface area (Å²) in [5, 5.41) is 9.71. The summed E-state index contributed by atoms with van der Waals surface area (Å²) < 4.78 is 1.47. The van der Waals surface area contributed by atoms with E-state index < -0.39 is 0 Å². The molecule has 0 aliphatic carbocycles. The monoisotopic (exact) mass is 235 g/mol. The highest BCUT2D eigenvalue weighted by molar-refractivity contribution is 5.38. The Morgan fingerprint density at radius 3 is 3.06 bits per heavy atom. The van der Waals surface area contributed by atoms with E-state index >= 15 is 0 Å². The van der Waals surface area contributed by atoms with Crippen LogP contribution in [0, 0.1) is 6.92 Å². The number of fused-ring (bicyclic) bond motifs is 1. The molecule has 2 rings (SSSR count). The quantitative estimate of drug-likeness (QED) is 0.797. The molecule has 17 heavy (non-hydrogen) atoms. The Kier molecular flexibility index (Phi) is 3.23. The van der Waals surface area contributed by atoms with Crippen LogP contribution in [0.4, 0.5) is 0 Å². The van der Waals surface area contributed by atoms with Crippen molar-refractivity contribution in [3.05, 3.63) is 28.1 Å². The standard InChI is InChI=1S/C11H17N5O/c1-4-12-7(2)5-9-6-10-14-15-11(17)16(10)8(3)13-9/h6-7,12H,4-5H2,1-3H3,(H,15,17). The average Bonchev–Trinajstić information content (AvgIpc) is 2.60. The zero-order valence-corrected chi connectivity index (χ0v) is 10.3. The van der Waals surface area contributed by atoms with Crippen molar-refractivity contribution in [1.29, 1.82) is 0 Å². The second kappa shape index (κ2) is 4.67. The number of H-pyrrole nitrogens is 1. The van der Waals surface area contributed by atoms with E-state index in [1.807, 2.05) is 13.0 Å². The normalized spacial score (nSPS) is 13.1. The number of nitrogens with zero attached hydrogens (tertiary/aromatic N) is 3. The lowest BCUT2D eigenvalue weighted by atomic mass is 10.2. The lowest BCUT2D eigenvalue weighted by Gasteiger charge is -2.11. The fourth-order valence-corrected chi connectivity index (χ4v) is 2.00. The fraction of sp³-hybridized carbons (Fsp3) is 0.545. The lowest BCUT2D eigenvalue weighted by Crippen LogP contribution is -2.28. The first-order valence-corrected chi connectivity index (χ1v) is 5.79. The Labute approximate surface area is 99.1 Å². The molecule has 2 aromatic heterocycles. The van der Waals surface area contributed by atoms with Crippen LogP contribution < -0.4 is 11.0 Å². The van der Waals surface area contributed by atoms with Gasteiger partial charge in [0.25, 0.3) is 0 Å². The van der Waals surface area contributed by atoms with Gasteiger partial charge in [-0.3, -0.25) is 0 Å². The molecule has 1 atom stereocenters. The molecular weight excluding hydrogens is 218 g/mol. The third-order valence-corrected chi connectivity index (χ3v) is 2.69. The van der Waals surface area contributed by atoms with E-state index in [2.05, 4.69) is 34.3 Å². The highest BCUT2D eigenvalue weighted by atomic mass is 16.1. The largest absolute Gasteiger partial charge is 0.349 e. The van der Waals surface area contributed by atoms with Crippen LogP contribution in [0.25, 0.3) is 5.65 Å². The van der Waals surface area contributed by atoms with Crippen molar-refractivity contribution < 1.29 is 0 Å². The van der Waals surface area contributed by atoms with Crippen molar-refractivity contribution in [2.24, 2.45) is 0 Å². The number of aromatic nitrogens is 4. The van der Waals surface area contributed by atoms with E-state index in [0.717, 1.165) is 18.7 Å². The van der Waals surface area contributed by atoms with E-state index in [0.29, 0.717) is 17.5 Å². The van der Waals surface area contributed by atoms with E-state index in [9.17, 15) is 4.79 Å². The predicted octanol–water partition coefficient (Wildman–Crippen LogP) is 0.267. The molecule has 0 aliphatic rings. The van der Waals surface area contributed by atoms with Crippen LogP contribution in [0.1, 0.15) is 25.4 Å². The molecule has 0 aliphatic heterocycles. The predicted molar refractivity (Wildman–Crippen MR) is 65.2 cm³/mol. The topological polar surface area (TPSA) is 75.1 Å². The van der Waals surface area contributed by atoms with Crippen LogP contribution in [-0.2, 0) is 6.42 Å². The van der Waals surface area contributed by atoms with E-state index in [1.165, 1.54) is 4.40 Å². The number of nitrogens with one attached hydrogen (secondary N) is 2. The van der Waals surface area contributed by atoms with Gasteiger partial charge in [0.15, 0.2) is 5.65 Å². The summed E-state index contributed by atoms with van der Waals surface area (Å²) in [4.78, 5) is 15.8. The third kappa shape index (κ3) is 2.36. The Morgan fingerprint density at radius 1 is 1.59 bits per heavy atom. The van der Waals surface area contributed by atoms with Gasteiger partial charge in [0.2, 0.25) is 0 Å². The van der Waals surface area contributed by atoms with Gasteiger partial charge in [0.05, 0.1) is 0 Å². The molecule has 0 saturated carbocycles. The van der Waals surface area contributed by atoms with Gasteiger partial charge in [0, 0.05) is 24.2 Å². The number of aryl methyl sites for hydroxylation is 1. The summed E-state index contributed by atoms with van der Waals surface area (Å²) in [6.45, 7) is 6.93. The number of hydrogen-bond acceptors (Lipinski definition) is 4. The molecule has 2 aromatic rings. The average molecular weight is 235 g/mol. The molecule has 6 nitrogen and oxygen atoms in total. The smallest absolute Gasteiger partial charge is 0.314 e. The van der Waals surface area contributed by atoms with Crippen LogP contribution in [0.3, 0.4) is 0 Å². The second-order valence-corrected chi connectivity index (χ2v) is 4.18. The molecule has 2 N–H and O–H groups in total. The molecule has 92 valence electrons. The molecule has 0 spiro atoms. The van der Waals surface area contributed by atoms with E-state index in [-0.39, 0.29) is 5.69 Å². The Morgan fingerprint density at radius 2 is 2.35 bits per heavy atom. The van der Waals surface area contributed by atoms with Crippen LogP contribution in [0.5, 0.6) is 0 Å². The summed E-state index contributed by atoms with van der Waals surface area (Å²) >= 11 is 0. The van der Waals surface area contributed by atoms with Gasteiger partial charge in [-0.05, 0) is 20.4 Å². The van der Waals surface area contributed by atoms with Gasteiger partial charge >= 0.3 is 5.69 Å². The minimum Gasteiger partial charge on any atom is -0.314 e. The SMILES string of the molecule is CCNC(C)Cc1cc2n[nH]c(=O)n2c(C)n1. The highest BCUT2D eigenvalue weighted by Gasteiger charge is 2.09. The zero-order chi connectivity index (χ0) is 12.4. The number of hydrogen-bond donors (Lipinski definition) is 2. The molecule has 0 saturated heterocycles. The van der Waals surface area contributed by atoms with E-state index in [4.69, 9.17) is 0 Å². The lowest BCUT2D eigenvalue weighted by molar-refractivity contribution is 0.558. The maximum Gasteiger partial charge on any atom is 0.349 e.